The van der Waals surface area contributed by atoms with Crippen LogP contribution in [0, 0.1) is 0 Å². The number of aryl methyl sites for hydroxylation is 1. The Morgan fingerprint density at radius 2 is 1.95 bits per heavy atom. The van der Waals surface area contributed by atoms with Crippen molar-refractivity contribution >= 4 is 27.5 Å². The van der Waals surface area contributed by atoms with Crippen LogP contribution in [-0.4, -0.2) is 10.2 Å². The molecule has 0 aliphatic heterocycles. The number of aromatic nitrogens is 2. The molecule has 0 unspecified atom stereocenters. The van der Waals surface area contributed by atoms with Gasteiger partial charge in [0.1, 0.15) is 5.75 Å². The van der Waals surface area contributed by atoms with Gasteiger partial charge in [-0.3, -0.25) is 0 Å². The Labute approximate surface area is 137 Å². The Morgan fingerprint density at radius 3 is 2.57 bits per heavy atom. The van der Waals surface area contributed by atoms with E-state index in [2.05, 4.69) is 40.0 Å². The monoisotopic (exact) mass is 369 g/mol. The van der Waals surface area contributed by atoms with Crippen molar-refractivity contribution in [2.24, 2.45) is 5.73 Å². The Hall–Kier alpha value is -1.17. The van der Waals surface area contributed by atoms with Gasteiger partial charge in [0.15, 0.2) is 0 Å². The normalized spacial score (nSPS) is 10.7. The van der Waals surface area contributed by atoms with E-state index in [0.717, 1.165) is 34.1 Å². The molecular formula is C15H17BrClN3O. The Morgan fingerprint density at radius 1 is 1.19 bits per heavy atom. The van der Waals surface area contributed by atoms with Crippen LogP contribution in [-0.2, 0) is 19.4 Å². The first-order chi connectivity index (χ1) is 10.1. The number of rotatable bonds is 5. The molecule has 0 fully saturated rings. The molecule has 0 saturated carbocycles. The molecule has 0 aliphatic rings. The molecule has 4 nitrogen and oxygen atoms in total. The van der Waals surface area contributed by atoms with Crippen molar-refractivity contribution in [3.05, 3.63) is 44.5 Å². The first kappa shape index (κ1) is 16.2. The molecule has 2 rings (SSSR count). The van der Waals surface area contributed by atoms with Crippen LogP contribution in [0.4, 0.5) is 0 Å². The maximum absolute atomic E-state index is 6.15. The van der Waals surface area contributed by atoms with Crippen molar-refractivity contribution in [3.63, 3.8) is 0 Å². The maximum atomic E-state index is 6.15. The maximum Gasteiger partial charge on any atom is 0.243 e. The summed E-state index contributed by atoms with van der Waals surface area (Å²) < 4.78 is 6.72. The third kappa shape index (κ3) is 3.54. The van der Waals surface area contributed by atoms with Gasteiger partial charge in [0.25, 0.3) is 0 Å². The van der Waals surface area contributed by atoms with E-state index in [9.17, 15) is 0 Å². The third-order valence-corrected chi connectivity index (χ3v) is 4.03. The average Bonchev–Trinajstić information content (AvgIpc) is 2.50. The molecule has 0 radical (unpaired) electrons. The lowest BCUT2D eigenvalue weighted by atomic mass is 10.0. The summed E-state index contributed by atoms with van der Waals surface area (Å²) in [5, 5.41) is 8.92. The number of benzene rings is 1. The molecule has 1 aromatic heterocycles. The number of hydrogen-bond acceptors (Lipinski definition) is 4. The van der Waals surface area contributed by atoms with Crippen LogP contribution in [0.3, 0.4) is 0 Å². The second-order valence-corrected chi connectivity index (χ2v) is 5.82. The van der Waals surface area contributed by atoms with Crippen molar-refractivity contribution in [2.45, 2.75) is 33.2 Å². The van der Waals surface area contributed by atoms with E-state index in [0.29, 0.717) is 23.2 Å². The SMILES string of the molecule is CCc1nnc(Oc2cc(Br)ccc2Cl)c(CN)c1CC. The minimum atomic E-state index is 0.354. The third-order valence-electron chi connectivity index (χ3n) is 3.22. The quantitative estimate of drug-likeness (QED) is 0.854. The largest absolute Gasteiger partial charge is 0.436 e. The van der Waals surface area contributed by atoms with Gasteiger partial charge in [-0.1, -0.05) is 41.4 Å². The number of hydrogen-bond donors (Lipinski definition) is 1. The van der Waals surface area contributed by atoms with Crippen LogP contribution >= 0.6 is 27.5 Å². The van der Waals surface area contributed by atoms with Gasteiger partial charge >= 0.3 is 0 Å². The molecule has 0 amide bonds. The van der Waals surface area contributed by atoms with E-state index in [4.69, 9.17) is 22.1 Å². The second kappa shape index (κ2) is 7.20. The number of nitrogens with zero attached hydrogens (tertiary/aromatic N) is 2. The van der Waals surface area contributed by atoms with Gasteiger partial charge < -0.3 is 10.5 Å². The van der Waals surface area contributed by atoms with Gasteiger partial charge in [0.2, 0.25) is 5.88 Å². The van der Waals surface area contributed by atoms with Crippen LogP contribution in [0.25, 0.3) is 0 Å². The van der Waals surface area contributed by atoms with Gasteiger partial charge in [-0.2, -0.15) is 5.10 Å². The predicted molar refractivity (Wildman–Crippen MR) is 87.9 cm³/mol. The summed E-state index contributed by atoms with van der Waals surface area (Å²) >= 11 is 9.55. The van der Waals surface area contributed by atoms with Crippen LogP contribution < -0.4 is 10.5 Å². The summed E-state index contributed by atoms with van der Waals surface area (Å²) in [6.07, 6.45) is 1.66. The van der Waals surface area contributed by atoms with Crippen LogP contribution in [0.5, 0.6) is 11.6 Å². The van der Waals surface area contributed by atoms with Crippen LogP contribution in [0.15, 0.2) is 22.7 Å². The highest BCUT2D eigenvalue weighted by Crippen LogP contribution is 2.33. The summed E-state index contributed by atoms with van der Waals surface area (Å²) in [6.45, 7) is 4.48. The van der Waals surface area contributed by atoms with Gasteiger partial charge in [-0.25, -0.2) is 0 Å². The summed E-state index contributed by atoms with van der Waals surface area (Å²) in [5.74, 6) is 0.952. The zero-order valence-corrected chi connectivity index (χ0v) is 14.3. The summed E-state index contributed by atoms with van der Waals surface area (Å²) in [5.41, 5.74) is 8.84. The highest BCUT2D eigenvalue weighted by molar-refractivity contribution is 9.10. The fourth-order valence-corrected chi connectivity index (χ4v) is 2.68. The second-order valence-electron chi connectivity index (χ2n) is 4.50. The van der Waals surface area contributed by atoms with Crippen molar-refractivity contribution in [2.75, 3.05) is 0 Å². The molecule has 0 atom stereocenters. The van der Waals surface area contributed by atoms with Crippen LogP contribution in [0.1, 0.15) is 30.7 Å². The summed E-state index contributed by atoms with van der Waals surface area (Å²) in [6, 6.07) is 5.41. The van der Waals surface area contributed by atoms with E-state index in [1.807, 2.05) is 6.07 Å². The molecule has 0 bridgehead atoms. The molecule has 1 aromatic carbocycles. The highest BCUT2D eigenvalue weighted by atomic mass is 79.9. The zero-order chi connectivity index (χ0) is 15.4. The first-order valence-corrected chi connectivity index (χ1v) is 7.98. The van der Waals surface area contributed by atoms with Crippen molar-refractivity contribution in [3.8, 4) is 11.6 Å². The molecule has 1 heterocycles. The lowest BCUT2D eigenvalue weighted by Crippen LogP contribution is -2.10. The highest BCUT2D eigenvalue weighted by Gasteiger charge is 2.16. The molecular weight excluding hydrogens is 354 g/mol. The van der Waals surface area contributed by atoms with Crippen molar-refractivity contribution in [1.29, 1.82) is 0 Å². The van der Waals surface area contributed by atoms with E-state index in [1.165, 1.54) is 0 Å². The van der Waals surface area contributed by atoms with E-state index < -0.39 is 0 Å². The fraction of sp³-hybridized carbons (Fsp3) is 0.333. The molecule has 6 heteroatoms. The predicted octanol–water partition coefficient (Wildman–Crippen LogP) is 4.27. The van der Waals surface area contributed by atoms with Crippen molar-refractivity contribution < 1.29 is 4.74 Å². The Kier molecular flexibility index (Phi) is 5.56. The minimum absolute atomic E-state index is 0.354. The fourth-order valence-electron chi connectivity index (χ4n) is 2.18. The molecule has 2 N–H and O–H groups in total. The van der Waals surface area contributed by atoms with Gasteiger partial charge in [-0.05, 0) is 36.6 Å². The molecule has 0 saturated heterocycles. The molecule has 2 aromatic rings. The van der Waals surface area contributed by atoms with E-state index >= 15 is 0 Å². The lowest BCUT2D eigenvalue weighted by Gasteiger charge is -2.15. The zero-order valence-electron chi connectivity index (χ0n) is 12.0. The molecule has 112 valence electrons. The summed E-state index contributed by atoms with van der Waals surface area (Å²) in [7, 11) is 0. The average molecular weight is 371 g/mol. The minimum Gasteiger partial charge on any atom is -0.436 e. The standard InChI is InChI=1S/C15H17BrClN3O/c1-3-10-11(8-18)15(20-19-13(10)4-2)21-14-7-9(16)5-6-12(14)17/h5-7H,3-4,8,18H2,1-2H3. The smallest absolute Gasteiger partial charge is 0.243 e. The number of nitrogens with two attached hydrogens (primary N) is 1. The molecule has 0 aliphatic carbocycles. The van der Waals surface area contributed by atoms with Crippen molar-refractivity contribution in [1.82, 2.24) is 10.2 Å². The Bertz CT molecular complexity index is 649. The first-order valence-electron chi connectivity index (χ1n) is 6.80. The van der Waals surface area contributed by atoms with Gasteiger partial charge in [-0.15, -0.1) is 5.10 Å². The molecule has 0 spiro atoms. The Balaban J connectivity index is 2.47. The van der Waals surface area contributed by atoms with E-state index in [-0.39, 0.29) is 0 Å². The van der Waals surface area contributed by atoms with Gasteiger partial charge in [0.05, 0.1) is 10.7 Å². The molecule has 21 heavy (non-hydrogen) atoms. The number of ether oxygens (including phenoxy) is 1. The van der Waals surface area contributed by atoms with Gasteiger partial charge in [0, 0.05) is 16.6 Å². The summed E-state index contributed by atoms with van der Waals surface area (Å²) in [4.78, 5) is 0. The van der Waals surface area contributed by atoms with E-state index in [1.54, 1.807) is 12.1 Å². The lowest BCUT2D eigenvalue weighted by molar-refractivity contribution is 0.445. The topological polar surface area (TPSA) is 61.0 Å². The number of halogens is 2. The van der Waals surface area contributed by atoms with Crippen LogP contribution in [0.2, 0.25) is 5.02 Å².